The van der Waals surface area contributed by atoms with Crippen molar-refractivity contribution in [1.82, 2.24) is 4.90 Å². The van der Waals surface area contributed by atoms with Gasteiger partial charge in [-0.25, -0.2) is 0 Å². The number of benzene rings is 1. The van der Waals surface area contributed by atoms with Crippen LogP contribution in [0.4, 0.5) is 0 Å². The van der Waals surface area contributed by atoms with Crippen LogP contribution in [0, 0.1) is 0 Å². The fraction of sp³-hybridized carbons (Fsp3) is 0.500. The molecule has 1 N–H and O–H groups in total. The number of methoxy groups -OCH3 is 1. The van der Waals surface area contributed by atoms with Crippen LogP contribution in [0.25, 0.3) is 0 Å². The Labute approximate surface area is 145 Å². The smallest absolute Gasteiger partial charge is 0.119 e. The van der Waals surface area contributed by atoms with Gasteiger partial charge >= 0.3 is 0 Å². The summed E-state index contributed by atoms with van der Waals surface area (Å²) in [7, 11) is 5.58. The Hall–Kier alpha value is -1.62. The zero-order chi connectivity index (χ0) is 17.4. The number of aryl methyl sites for hydroxylation is 1. The van der Waals surface area contributed by atoms with Gasteiger partial charge in [0.25, 0.3) is 0 Å². The molecule has 0 saturated heterocycles. The average Bonchev–Trinajstić information content (AvgIpc) is 2.59. The molecular formula is C20H29NO3. The Morgan fingerprint density at radius 2 is 2.12 bits per heavy atom. The first-order valence-corrected chi connectivity index (χ1v) is 8.47. The van der Waals surface area contributed by atoms with Gasteiger partial charge in [0.15, 0.2) is 0 Å². The summed E-state index contributed by atoms with van der Waals surface area (Å²) in [5.74, 6) is 0.878. The fourth-order valence-electron chi connectivity index (χ4n) is 2.93. The summed E-state index contributed by atoms with van der Waals surface area (Å²) < 4.78 is 11.5. The van der Waals surface area contributed by atoms with Gasteiger partial charge in [0.1, 0.15) is 5.75 Å². The van der Waals surface area contributed by atoms with Crippen LogP contribution >= 0.6 is 0 Å². The van der Waals surface area contributed by atoms with Crippen LogP contribution in [0.1, 0.15) is 18.4 Å². The molecule has 1 aliphatic carbocycles. The number of nitrogens with zero attached hydrogens (tertiary/aromatic N) is 1. The summed E-state index contributed by atoms with van der Waals surface area (Å²) in [5, 5.41) is 10.1. The molecule has 1 aromatic carbocycles. The van der Waals surface area contributed by atoms with E-state index in [2.05, 4.69) is 24.3 Å². The fourth-order valence-corrected chi connectivity index (χ4v) is 2.93. The summed E-state index contributed by atoms with van der Waals surface area (Å²) >= 11 is 0. The number of hydrogen-bond donors (Lipinski definition) is 1. The van der Waals surface area contributed by atoms with Crippen molar-refractivity contribution in [2.45, 2.75) is 31.0 Å². The summed E-state index contributed by atoms with van der Waals surface area (Å²) in [5.41, 5.74) is 0.889. The minimum atomic E-state index is -0.479. The maximum atomic E-state index is 10.1. The third-order valence-corrected chi connectivity index (χ3v) is 4.22. The number of ether oxygens (including phenoxy) is 2. The quantitative estimate of drug-likeness (QED) is 0.755. The van der Waals surface area contributed by atoms with Crippen LogP contribution in [-0.2, 0) is 11.2 Å². The molecule has 0 unspecified atom stereocenters. The maximum absolute atomic E-state index is 10.1. The number of likely N-dealkylation sites (N-methyl/N-ethyl adjacent to an activating group) is 1. The molecule has 0 radical (unpaired) electrons. The molecule has 4 heteroatoms. The standard InChI is InChI=1S/C20H29NO3/c1-21(2)15-18(22)16-24-20(11-5-4-6-12-20)13-10-17-8-7-9-19(14-17)23-3/h4-9,11,14,18,22H,10,12-13,15-16H2,1-3H3/t18-,20-/m0/s1. The van der Waals surface area contributed by atoms with Gasteiger partial charge in [0.05, 0.1) is 25.4 Å². The van der Waals surface area contributed by atoms with Gasteiger partial charge in [-0.15, -0.1) is 0 Å². The number of aliphatic hydroxyl groups is 1. The van der Waals surface area contributed by atoms with Crippen molar-refractivity contribution in [3.63, 3.8) is 0 Å². The van der Waals surface area contributed by atoms with Crippen molar-refractivity contribution in [3.05, 3.63) is 54.1 Å². The monoisotopic (exact) mass is 331 g/mol. The summed E-state index contributed by atoms with van der Waals surface area (Å²) in [4.78, 5) is 1.97. The van der Waals surface area contributed by atoms with Crippen LogP contribution in [0.3, 0.4) is 0 Å². The molecule has 0 fully saturated rings. The normalized spacial score (nSPS) is 21.2. The molecule has 2 rings (SSSR count). The first kappa shape index (κ1) is 18.7. The number of allylic oxidation sites excluding steroid dienone is 2. The first-order valence-electron chi connectivity index (χ1n) is 8.47. The third-order valence-electron chi connectivity index (χ3n) is 4.22. The Morgan fingerprint density at radius 1 is 1.29 bits per heavy atom. The van der Waals surface area contributed by atoms with Crippen molar-refractivity contribution in [1.29, 1.82) is 0 Å². The minimum Gasteiger partial charge on any atom is -0.497 e. The zero-order valence-electron chi connectivity index (χ0n) is 14.9. The lowest BCUT2D eigenvalue weighted by molar-refractivity contribution is -0.0596. The Bertz CT molecular complexity index is 568. The molecule has 0 heterocycles. The van der Waals surface area contributed by atoms with E-state index in [1.165, 1.54) is 5.56 Å². The average molecular weight is 331 g/mol. The zero-order valence-corrected chi connectivity index (χ0v) is 14.9. The van der Waals surface area contributed by atoms with Gasteiger partial charge in [-0.2, -0.15) is 0 Å². The Morgan fingerprint density at radius 3 is 2.79 bits per heavy atom. The molecule has 1 aromatic rings. The number of hydrogen-bond acceptors (Lipinski definition) is 4. The summed E-state index contributed by atoms with van der Waals surface area (Å²) in [6.07, 6.45) is 10.5. The second-order valence-corrected chi connectivity index (χ2v) is 6.63. The topological polar surface area (TPSA) is 41.9 Å². The highest BCUT2D eigenvalue weighted by Gasteiger charge is 2.28. The molecule has 0 bridgehead atoms. The van der Waals surface area contributed by atoms with Crippen LogP contribution in [0.15, 0.2) is 48.6 Å². The van der Waals surface area contributed by atoms with Gasteiger partial charge in [0, 0.05) is 6.54 Å². The van der Waals surface area contributed by atoms with E-state index < -0.39 is 6.10 Å². The van der Waals surface area contributed by atoms with Crippen molar-refractivity contribution in [2.24, 2.45) is 0 Å². The SMILES string of the molecule is COc1cccc(CC[C@]2(OC[C@@H](O)CN(C)C)C=CC=CC2)c1. The van der Waals surface area contributed by atoms with E-state index in [1.54, 1.807) is 7.11 Å². The predicted octanol–water partition coefficient (Wildman–Crippen LogP) is 2.82. The first-order chi connectivity index (χ1) is 11.5. The molecule has 0 aromatic heterocycles. The highest BCUT2D eigenvalue weighted by Crippen LogP contribution is 2.29. The Balaban J connectivity index is 1.97. The van der Waals surface area contributed by atoms with E-state index in [0.717, 1.165) is 25.0 Å². The van der Waals surface area contributed by atoms with E-state index in [-0.39, 0.29) is 5.60 Å². The molecule has 0 spiro atoms. The highest BCUT2D eigenvalue weighted by atomic mass is 16.5. The number of rotatable bonds is 9. The van der Waals surface area contributed by atoms with Gasteiger partial charge in [-0.3, -0.25) is 0 Å². The summed E-state index contributed by atoms with van der Waals surface area (Å²) in [6.45, 7) is 0.944. The van der Waals surface area contributed by atoms with Gasteiger partial charge < -0.3 is 19.5 Å². The molecule has 24 heavy (non-hydrogen) atoms. The third kappa shape index (κ3) is 5.78. The van der Waals surface area contributed by atoms with Gasteiger partial charge in [-0.1, -0.05) is 36.4 Å². The van der Waals surface area contributed by atoms with Crippen molar-refractivity contribution >= 4 is 0 Å². The minimum absolute atomic E-state index is 0.342. The highest BCUT2D eigenvalue weighted by molar-refractivity contribution is 5.29. The van der Waals surface area contributed by atoms with Crippen LogP contribution < -0.4 is 4.74 Å². The van der Waals surface area contributed by atoms with E-state index in [1.807, 2.05) is 43.3 Å². The van der Waals surface area contributed by atoms with Gasteiger partial charge in [-0.05, 0) is 51.1 Å². The predicted molar refractivity (Wildman–Crippen MR) is 97.5 cm³/mol. The Kier molecular flexibility index (Phi) is 7.03. The van der Waals surface area contributed by atoms with Gasteiger partial charge in [0.2, 0.25) is 0 Å². The van der Waals surface area contributed by atoms with Crippen LogP contribution in [0.5, 0.6) is 5.75 Å². The molecule has 132 valence electrons. The second-order valence-electron chi connectivity index (χ2n) is 6.63. The largest absolute Gasteiger partial charge is 0.497 e. The van der Waals surface area contributed by atoms with Crippen molar-refractivity contribution in [2.75, 3.05) is 34.4 Å². The van der Waals surface area contributed by atoms with E-state index in [4.69, 9.17) is 9.47 Å². The lowest BCUT2D eigenvalue weighted by atomic mass is 9.88. The van der Waals surface area contributed by atoms with E-state index in [0.29, 0.717) is 13.2 Å². The lowest BCUT2D eigenvalue weighted by Gasteiger charge is -2.33. The van der Waals surface area contributed by atoms with Crippen molar-refractivity contribution < 1.29 is 14.6 Å². The molecular weight excluding hydrogens is 302 g/mol. The molecule has 1 aliphatic rings. The van der Waals surface area contributed by atoms with Crippen LogP contribution in [0.2, 0.25) is 0 Å². The molecule has 4 nitrogen and oxygen atoms in total. The van der Waals surface area contributed by atoms with Crippen LogP contribution in [-0.4, -0.2) is 56.1 Å². The molecule has 0 aliphatic heterocycles. The molecule has 2 atom stereocenters. The van der Waals surface area contributed by atoms with E-state index in [9.17, 15) is 5.11 Å². The van der Waals surface area contributed by atoms with E-state index >= 15 is 0 Å². The van der Waals surface area contributed by atoms with Crippen molar-refractivity contribution in [3.8, 4) is 5.75 Å². The second kappa shape index (κ2) is 9.02. The molecule has 0 saturated carbocycles. The number of aliphatic hydroxyl groups excluding tert-OH is 1. The maximum Gasteiger partial charge on any atom is 0.119 e. The summed E-state index contributed by atoms with van der Waals surface area (Å²) in [6, 6.07) is 8.15. The lowest BCUT2D eigenvalue weighted by Crippen LogP contribution is -2.37. The molecule has 0 amide bonds.